The zero-order valence-corrected chi connectivity index (χ0v) is 18.1. The van der Waals surface area contributed by atoms with Crippen molar-refractivity contribution >= 4 is 50.7 Å². The number of hydrogen-bond acceptors (Lipinski definition) is 3. The Morgan fingerprint density at radius 1 is 1.07 bits per heavy atom. The third-order valence-electron chi connectivity index (χ3n) is 4.35. The Morgan fingerprint density at radius 2 is 1.78 bits per heavy atom. The molecule has 0 aliphatic heterocycles. The van der Waals surface area contributed by atoms with Crippen LogP contribution in [0.2, 0.25) is 5.02 Å². The lowest BCUT2D eigenvalue weighted by Gasteiger charge is -2.24. The van der Waals surface area contributed by atoms with Crippen LogP contribution < -0.4 is 10.6 Å². The molecule has 2 rings (SSSR count). The summed E-state index contributed by atoms with van der Waals surface area (Å²) >= 11 is 9.39. The van der Waals surface area contributed by atoms with Gasteiger partial charge in [0.1, 0.15) is 0 Å². The van der Waals surface area contributed by atoms with E-state index in [0.29, 0.717) is 10.7 Å². The maximum absolute atomic E-state index is 12.5. The van der Waals surface area contributed by atoms with Crippen molar-refractivity contribution in [2.45, 2.75) is 26.8 Å². The Bertz CT molecular complexity index is 857. The van der Waals surface area contributed by atoms with E-state index in [1.807, 2.05) is 38.1 Å². The number of nitrogens with one attached hydrogen (secondary N) is 2. The number of carbonyl (C=O) groups excluding carboxylic acids is 2. The van der Waals surface area contributed by atoms with Crippen molar-refractivity contribution in [1.29, 1.82) is 0 Å². The number of nitrogens with zero attached hydrogens (tertiary/aromatic N) is 1. The molecule has 0 heterocycles. The maximum atomic E-state index is 12.5. The summed E-state index contributed by atoms with van der Waals surface area (Å²) in [6.07, 6.45) is 0. The van der Waals surface area contributed by atoms with E-state index in [2.05, 4.69) is 26.6 Å². The van der Waals surface area contributed by atoms with Gasteiger partial charge in [-0.15, -0.1) is 0 Å². The summed E-state index contributed by atoms with van der Waals surface area (Å²) in [6, 6.07) is 10.5. The fourth-order valence-electron chi connectivity index (χ4n) is 2.49. The first-order chi connectivity index (χ1) is 12.7. The zero-order valence-electron chi connectivity index (χ0n) is 15.8. The predicted molar refractivity (Wildman–Crippen MR) is 114 cm³/mol. The highest BCUT2D eigenvalue weighted by molar-refractivity contribution is 9.10. The summed E-state index contributed by atoms with van der Waals surface area (Å²) in [5.74, 6) is -0.378. The first kappa shape index (κ1) is 21.4. The summed E-state index contributed by atoms with van der Waals surface area (Å²) in [7, 11) is 1.74. The van der Waals surface area contributed by atoms with E-state index < -0.39 is 6.04 Å². The molecule has 1 unspecified atom stereocenters. The van der Waals surface area contributed by atoms with E-state index in [1.165, 1.54) is 0 Å². The van der Waals surface area contributed by atoms with Crippen molar-refractivity contribution < 1.29 is 9.59 Å². The SMILES string of the molecule is Cc1cc(Br)ccc1NC(=O)CN(C)C(C)C(=O)Nc1cc(Cl)ccc1C. The fourth-order valence-corrected chi connectivity index (χ4v) is 3.13. The lowest BCUT2D eigenvalue weighted by molar-refractivity contribution is -0.122. The molecule has 0 saturated carbocycles. The molecule has 7 heteroatoms. The van der Waals surface area contributed by atoms with Crippen molar-refractivity contribution in [2.24, 2.45) is 0 Å². The number of hydrogen-bond donors (Lipinski definition) is 2. The normalized spacial score (nSPS) is 12.0. The van der Waals surface area contributed by atoms with Crippen LogP contribution in [0, 0.1) is 13.8 Å². The van der Waals surface area contributed by atoms with Crippen LogP contribution in [0.15, 0.2) is 40.9 Å². The van der Waals surface area contributed by atoms with Gasteiger partial charge in [0.2, 0.25) is 11.8 Å². The number of anilines is 2. The Kier molecular flexibility index (Phi) is 7.41. The number of halogens is 2. The molecule has 2 amide bonds. The standard InChI is InChI=1S/C20H23BrClN3O2/c1-12-5-7-16(22)10-18(12)24-20(27)14(3)25(4)11-19(26)23-17-8-6-15(21)9-13(17)2/h5-10,14H,11H2,1-4H3,(H,23,26)(H,24,27). The van der Waals surface area contributed by atoms with E-state index in [0.717, 1.165) is 21.3 Å². The Hall–Kier alpha value is -1.89. The lowest BCUT2D eigenvalue weighted by Crippen LogP contribution is -2.43. The van der Waals surface area contributed by atoms with Crippen molar-refractivity contribution in [3.8, 4) is 0 Å². The minimum Gasteiger partial charge on any atom is -0.325 e. The van der Waals surface area contributed by atoms with Gasteiger partial charge in [0.15, 0.2) is 0 Å². The van der Waals surface area contributed by atoms with Gasteiger partial charge in [0.25, 0.3) is 0 Å². The minimum atomic E-state index is -0.486. The largest absolute Gasteiger partial charge is 0.325 e. The Balaban J connectivity index is 1.95. The molecule has 1 atom stereocenters. The molecule has 0 aliphatic rings. The van der Waals surface area contributed by atoms with Gasteiger partial charge in [-0.3, -0.25) is 14.5 Å². The van der Waals surface area contributed by atoms with Crippen LogP contribution in [0.1, 0.15) is 18.1 Å². The monoisotopic (exact) mass is 451 g/mol. The number of likely N-dealkylation sites (N-methyl/N-ethyl adjacent to an activating group) is 1. The molecule has 2 N–H and O–H groups in total. The quantitative estimate of drug-likeness (QED) is 0.672. The second kappa shape index (κ2) is 9.35. The first-order valence-corrected chi connectivity index (χ1v) is 9.67. The van der Waals surface area contributed by atoms with E-state index in [1.54, 1.807) is 31.0 Å². The predicted octanol–water partition coefficient (Wildman–Crippen LogP) is 4.62. The van der Waals surface area contributed by atoms with Crippen molar-refractivity contribution in [3.05, 3.63) is 57.0 Å². The minimum absolute atomic E-state index is 0.0959. The van der Waals surface area contributed by atoms with Crippen molar-refractivity contribution in [3.63, 3.8) is 0 Å². The highest BCUT2D eigenvalue weighted by atomic mass is 79.9. The third kappa shape index (κ3) is 6.06. The molecule has 0 aliphatic carbocycles. The van der Waals surface area contributed by atoms with Gasteiger partial charge < -0.3 is 10.6 Å². The summed E-state index contributed by atoms with van der Waals surface area (Å²) < 4.78 is 0.955. The van der Waals surface area contributed by atoms with E-state index in [9.17, 15) is 9.59 Å². The molecule has 27 heavy (non-hydrogen) atoms. The Labute approximate surface area is 173 Å². The molecule has 144 valence electrons. The molecule has 2 aromatic carbocycles. The summed E-state index contributed by atoms with van der Waals surface area (Å²) in [6.45, 7) is 5.67. The third-order valence-corrected chi connectivity index (χ3v) is 5.08. The maximum Gasteiger partial charge on any atom is 0.241 e. The van der Waals surface area contributed by atoms with Crippen LogP contribution in [0.3, 0.4) is 0 Å². The van der Waals surface area contributed by atoms with Crippen LogP contribution in [0.25, 0.3) is 0 Å². The van der Waals surface area contributed by atoms with Crippen molar-refractivity contribution in [2.75, 3.05) is 24.2 Å². The fraction of sp³-hybridized carbons (Fsp3) is 0.300. The van der Waals surface area contributed by atoms with Crippen LogP contribution in [-0.2, 0) is 9.59 Å². The van der Waals surface area contributed by atoms with Gasteiger partial charge in [-0.05, 0) is 69.3 Å². The van der Waals surface area contributed by atoms with Gasteiger partial charge in [0, 0.05) is 20.9 Å². The zero-order chi connectivity index (χ0) is 20.1. The average Bonchev–Trinajstić information content (AvgIpc) is 2.59. The van der Waals surface area contributed by atoms with Gasteiger partial charge in [-0.25, -0.2) is 0 Å². The first-order valence-electron chi connectivity index (χ1n) is 8.50. The molecule has 0 radical (unpaired) electrons. The Morgan fingerprint density at radius 3 is 2.44 bits per heavy atom. The molecule has 0 fully saturated rings. The van der Waals surface area contributed by atoms with Crippen LogP contribution >= 0.6 is 27.5 Å². The summed E-state index contributed by atoms with van der Waals surface area (Å²) in [4.78, 5) is 26.5. The summed E-state index contributed by atoms with van der Waals surface area (Å²) in [5.41, 5.74) is 3.31. The molecule has 0 spiro atoms. The lowest BCUT2D eigenvalue weighted by atomic mass is 10.2. The second-order valence-corrected chi connectivity index (χ2v) is 7.90. The van der Waals surface area contributed by atoms with E-state index in [4.69, 9.17) is 11.6 Å². The van der Waals surface area contributed by atoms with Gasteiger partial charge in [0.05, 0.1) is 12.6 Å². The molecule has 0 saturated heterocycles. The number of aryl methyl sites for hydroxylation is 2. The number of amides is 2. The molecule has 2 aromatic rings. The molecule has 5 nitrogen and oxygen atoms in total. The highest BCUT2D eigenvalue weighted by Crippen LogP contribution is 2.21. The van der Waals surface area contributed by atoms with Crippen LogP contribution in [0.4, 0.5) is 11.4 Å². The number of carbonyl (C=O) groups is 2. The second-order valence-electron chi connectivity index (χ2n) is 6.55. The van der Waals surface area contributed by atoms with Gasteiger partial charge >= 0.3 is 0 Å². The molecular weight excluding hydrogens is 430 g/mol. The number of rotatable bonds is 6. The van der Waals surface area contributed by atoms with Crippen molar-refractivity contribution in [1.82, 2.24) is 4.90 Å². The molecule has 0 aromatic heterocycles. The molecule has 0 bridgehead atoms. The highest BCUT2D eigenvalue weighted by Gasteiger charge is 2.21. The smallest absolute Gasteiger partial charge is 0.241 e. The number of benzene rings is 2. The summed E-state index contributed by atoms with van der Waals surface area (Å²) in [5, 5.41) is 6.30. The van der Waals surface area contributed by atoms with E-state index in [-0.39, 0.29) is 18.4 Å². The van der Waals surface area contributed by atoms with Gasteiger partial charge in [-0.2, -0.15) is 0 Å². The topological polar surface area (TPSA) is 61.4 Å². The van der Waals surface area contributed by atoms with E-state index >= 15 is 0 Å². The van der Waals surface area contributed by atoms with Crippen LogP contribution in [0.5, 0.6) is 0 Å². The van der Waals surface area contributed by atoms with Gasteiger partial charge in [-0.1, -0.05) is 33.6 Å². The average molecular weight is 453 g/mol. The molecular formula is C20H23BrClN3O2. The van der Waals surface area contributed by atoms with Crippen LogP contribution in [-0.4, -0.2) is 36.3 Å².